The SMILES string of the molecule is CCc1nc(COC)n2c1-c1cc(Cl)ccc1-n1cnc(COc3ccc(F)cc3)c1C2. The molecule has 32 heavy (non-hydrogen) atoms. The largest absolute Gasteiger partial charge is 0.487 e. The maximum absolute atomic E-state index is 13.2. The molecule has 0 bridgehead atoms. The first-order valence-corrected chi connectivity index (χ1v) is 10.8. The van der Waals surface area contributed by atoms with Crippen molar-refractivity contribution in [2.45, 2.75) is 33.1 Å². The Kier molecular flexibility index (Phi) is 5.45. The van der Waals surface area contributed by atoms with E-state index in [0.717, 1.165) is 46.3 Å². The highest BCUT2D eigenvalue weighted by Gasteiger charge is 2.27. The molecule has 0 unspecified atom stereocenters. The number of benzene rings is 2. The Hall–Kier alpha value is -3.16. The van der Waals surface area contributed by atoms with Gasteiger partial charge in [0.05, 0.1) is 35.6 Å². The first-order chi connectivity index (χ1) is 15.6. The van der Waals surface area contributed by atoms with Crippen LogP contribution in [0.1, 0.15) is 29.8 Å². The van der Waals surface area contributed by atoms with Crippen molar-refractivity contribution in [2.24, 2.45) is 0 Å². The average molecular weight is 453 g/mol. The zero-order chi connectivity index (χ0) is 22.2. The number of hydrogen-bond donors (Lipinski definition) is 0. The van der Waals surface area contributed by atoms with Crippen molar-refractivity contribution in [3.63, 3.8) is 0 Å². The monoisotopic (exact) mass is 452 g/mol. The Bertz CT molecular complexity index is 1280. The molecule has 0 aliphatic carbocycles. The van der Waals surface area contributed by atoms with E-state index in [2.05, 4.69) is 21.0 Å². The highest BCUT2D eigenvalue weighted by atomic mass is 35.5. The Morgan fingerprint density at radius 3 is 2.66 bits per heavy atom. The predicted molar refractivity (Wildman–Crippen MR) is 120 cm³/mol. The molecule has 0 saturated carbocycles. The van der Waals surface area contributed by atoms with E-state index >= 15 is 0 Å². The summed E-state index contributed by atoms with van der Waals surface area (Å²) in [6.07, 6.45) is 2.60. The Balaban J connectivity index is 1.62. The van der Waals surface area contributed by atoms with E-state index in [1.807, 2.05) is 24.5 Å². The number of methoxy groups -OCH3 is 1. The summed E-state index contributed by atoms with van der Waals surface area (Å²) in [5.74, 6) is 1.14. The number of imidazole rings is 2. The minimum Gasteiger partial charge on any atom is -0.487 e. The molecule has 0 radical (unpaired) electrons. The number of rotatable bonds is 6. The van der Waals surface area contributed by atoms with Gasteiger partial charge in [-0.2, -0.15) is 0 Å². The first-order valence-electron chi connectivity index (χ1n) is 10.4. The van der Waals surface area contributed by atoms with Crippen LogP contribution < -0.4 is 4.74 Å². The summed E-state index contributed by atoms with van der Waals surface area (Å²) in [4.78, 5) is 9.49. The molecule has 8 heteroatoms. The summed E-state index contributed by atoms with van der Waals surface area (Å²) in [6.45, 7) is 3.33. The lowest BCUT2D eigenvalue weighted by molar-refractivity contribution is 0.174. The average Bonchev–Trinajstić information content (AvgIpc) is 3.31. The van der Waals surface area contributed by atoms with E-state index in [9.17, 15) is 4.39 Å². The highest BCUT2D eigenvalue weighted by molar-refractivity contribution is 6.31. The van der Waals surface area contributed by atoms with Crippen LogP contribution in [0.2, 0.25) is 5.02 Å². The van der Waals surface area contributed by atoms with Crippen LogP contribution in [0.25, 0.3) is 16.9 Å². The summed E-state index contributed by atoms with van der Waals surface area (Å²) in [7, 11) is 1.67. The number of ether oxygens (including phenoxy) is 2. The fourth-order valence-electron chi connectivity index (χ4n) is 4.16. The van der Waals surface area contributed by atoms with Gasteiger partial charge in [0.2, 0.25) is 0 Å². The van der Waals surface area contributed by atoms with Crippen molar-refractivity contribution in [3.8, 4) is 22.7 Å². The maximum atomic E-state index is 13.2. The molecule has 5 rings (SSSR count). The summed E-state index contributed by atoms with van der Waals surface area (Å²) in [5.41, 5.74) is 5.84. The van der Waals surface area contributed by atoms with Gasteiger partial charge in [-0.1, -0.05) is 18.5 Å². The van der Waals surface area contributed by atoms with Crippen molar-refractivity contribution in [2.75, 3.05) is 7.11 Å². The fraction of sp³-hybridized carbons (Fsp3) is 0.250. The van der Waals surface area contributed by atoms with Gasteiger partial charge in [-0.3, -0.25) is 0 Å². The predicted octanol–water partition coefficient (Wildman–Crippen LogP) is 5.18. The van der Waals surface area contributed by atoms with Crippen molar-refractivity contribution in [1.29, 1.82) is 0 Å². The molecule has 4 aromatic rings. The second kappa shape index (κ2) is 8.41. The van der Waals surface area contributed by atoms with Crippen LogP contribution in [-0.4, -0.2) is 26.2 Å². The van der Waals surface area contributed by atoms with Gasteiger partial charge < -0.3 is 18.6 Å². The lowest BCUT2D eigenvalue weighted by Gasteiger charge is -2.11. The molecule has 0 fully saturated rings. The fourth-order valence-corrected chi connectivity index (χ4v) is 4.33. The molecule has 1 aliphatic rings. The third-order valence-electron chi connectivity index (χ3n) is 5.65. The lowest BCUT2D eigenvalue weighted by atomic mass is 10.1. The molecule has 1 aliphatic heterocycles. The molecule has 0 atom stereocenters. The molecule has 3 heterocycles. The van der Waals surface area contributed by atoms with Gasteiger partial charge >= 0.3 is 0 Å². The summed E-state index contributed by atoms with van der Waals surface area (Å²) < 4.78 is 28.8. The summed E-state index contributed by atoms with van der Waals surface area (Å²) >= 11 is 6.39. The van der Waals surface area contributed by atoms with Crippen LogP contribution in [0.3, 0.4) is 0 Å². The van der Waals surface area contributed by atoms with Crippen molar-refractivity contribution in [1.82, 2.24) is 19.1 Å². The molecular weight excluding hydrogens is 431 g/mol. The molecule has 2 aromatic heterocycles. The van der Waals surface area contributed by atoms with Crippen molar-refractivity contribution in [3.05, 3.63) is 82.5 Å². The van der Waals surface area contributed by atoms with E-state index in [4.69, 9.17) is 26.1 Å². The van der Waals surface area contributed by atoms with Crippen LogP contribution in [-0.2, 0) is 30.9 Å². The number of aryl methyl sites for hydroxylation is 1. The first kappa shape index (κ1) is 20.7. The van der Waals surface area contributed by atoms with E-state index in [-0.39, 0.29) is 12.4 Å². The van der Waals surface area contributed by atoms with Gasteiger partial charge in [0, 0.05) is 17.7 Å². The normalized spacial score (nSPS) is 12.1. The van der Waals surface area contributed by atoms with Gasteiger partial charge in [-0.15, -0.1) is 0 Å². The number of fused-ring (bicyclic) bond motifs is 5. The third kappa shape index (κ3) is 3.57. The van der Waals surface area contributed by atoms with Crippen LogP contribution >= 0.6 is 11.6 Å². The topological polar surface area (TPSA) is 54.1 Å². The maximum Gasteiger partial charge on any atom is 0.135 e. The number of halogens is 2. The van der Waals surface area contributed by atoms with Gasteiger partial charge in [0.25, 0.3) is 0 Å². The van der Waals surface area contributed by atoms with Crippen molar-refractivity contribution < 1.29 is 13.9 Å². The molecule has 0 amide bonds. The van der Waals surface area contributed by atoms with Crippen molar-refractivity contribution >= 4 is 11.6 Å². The van der Waals surface area contributed by atoms with Gasteiger partial charge in [-0.25, -0.2) is 14.4 Å². The van der Waals surface area contributed by atoms with E-state index in [0.29, 0.717) is 23.9 Å². The Morgan fingerprint density at radius 2 is 1.91 bits per heavy atom. The standard InChI is InChI=1S/C24H22ClFN4O2/c1-3-19-24-18-10-15(25)4-9-21(18)30-14-27-20(12-32-17-7-5-16(26)6-8-17)22(30)11-29(24)23(28-19)13-31-2/h4-10,14H,3,11-13H2,1-2H3. The molecule has 6 nitrogen and oxygen atoms in total. The number of nitrogens with zero attached hydrogens (tertiary/aromatic N) is 4. The van der Waals surface area contributed by atoms with E-state index in [1.165, 1.54) is 12.1 Å². The van der Waals surface area contributed by atoms with Crippen LogP contribution in [0.4, 0.5) is 4.39 Å². The van der Waals surface area contributed by atoms with Crippen LogP contribution in [0, 0.1) is 5.82 Å². The van der Waals surface area contributed by atoms with Crippen LogP contribution in [0.15, 0.2) is 48.8 Å². The van der Waals surface area contributed by atoms with Gasteiger partial charge in [0.15, 0.2) is 0 Å². The molecule has 0 spiro atoms. The van der Waals surface area contributed by atoms with Gasteiger partial charge in [-0.05, 0) is 48.9 Å². The Morgan fingerprint density at radius 1 is 1.09 bits per heavy atom. The molecule has 0 N–H and O–H groups in total. The lowest BCUT2D eigenvalue weighted by Crippen LogP contribution is -2.11. The number of hydrogen-bond acceptors (Lipinski definition) is 4. The van der Waals surface area contributed by atoms with E-state index in [1.54, 1.807) is 19.2 Å². The highest BCUT2D eigenvalue weighted by Crippen LogP contribution is 2.37. The van der Waals surface area contributed by atoms with Gasteiger partial charge in [0.1, 0.15) is 36.3 Å². The second-order valence-electron chi connectivity index (χ2n) is 7.61. The minimum absolute atomic E-state index is 0.265. The quantitative estimate of drug-likeness (QED) is 0.356. The smallest absolute Gasteiger partial charge is 0.135 e. The third-order valence-corrected chi connectivity index (χ3v) is 5.89. The molecular formula is C24H22ClFN4O2. The minimum atomic E-state index is -0.298. The van der Waals surface area contributed by atoms with Crippen LogP contribution in [0.5, 0.6) is 5.75 Å². The zero-order valence-electron chi connectivity index (χ0n) is 17.8. The second-order valence-corrected chi connectivity index (χ2v) is 8.04. The Labute approximate surface area is 190 Å². The molecule has 2 aromatic carbocycles. The summed E-state index contributed by atoms with van der Waals surface area (Å²) in [6, 6.07) is 11.8. The molecule has 0 saturated heterocycles. The number of aromatic nitrogens is 4. The van der Waals surface area contributed by atoms with E-state index < -0.39 is 0 Å². The summed E-state index contributed by atoms with van der Waals surface area (Å²) in [5, 5.41) is 0.662. The molecule has 164 valence electrons. The zero-order valence-corrected chi connectivity index (χ0v) is 18.6.